The van der Waals surface area contributed by atoms with Crippen LogP contribution in [0.5, 0.6) is 5.88 Å². The van der Waals surface area contributed by atoms with E-state index in [4.69, 9.17) is 19.4 Å². The fourth-order valence-corrected chi connectivity index (χ4v) is 7.72. The lowest BCUT2D eigenvalue weighted by Gasteiger charge is -2.39. The first-order chi connectivity index (χ1) is 24.1. The number of piperidine rings is 1. The van der Waals surface area contributed by atoms with Crippen molar-refractivity contribution in [2.45, 2.75) is 83.9 Å². The number of hydrogen-bond donors (Lipinski definition) is 1. The molecule has 0 unspecified atom stereocenters. The summed E-state index contributed by atoms with van der Waals surface area (Å²) in [6, 6.07) is 13.2. The van der Waals surface area contributed by atoms with Gasteiger partial charge in [0.05, 0.1) is 46.9 Å². The highest BCUT2D eigenvalue weighted by Gasteiger charge is 2.33. The summed E-state index contributed by atoms with van der Waals surface area (Å²) in [4.78, 5) is 36.8. The van der Waals surface area contributed by atoms with Crippen molar-refractivity contribution in [1.29, 1.82) is 0 Å². The maximum Gasteiger partial charge on any atom is 0.264 e. The number of nitrogens with zero attached hydrogens (tertiary/aromatic N) is 6. The summed E-state index contributed by atoms with van der Waals surface area (Å²) in [5.74, 6) is 0.158. The summed E-state index contributed by atoms with van der Waals surface area (Å²) in [6.07, 6.45) is 5.96. The van der Waals surface area contributed by atoms with Gasteiger partial charge in [-0.15, -0.1) is 0 Å². The zero-order chi connectivity index (χ0) is 36.6. The molecule has 1 atom stereocenters. The Morgan fingerprint density at radius 3 is 2.31 bits per heavy atom. The minimum atomic E-state index is -4.18. The number of amides is 1. The van der Waals surface area contributed by atoms with E-state index in [1.54, 1.807) is 42.6 Å². The Balaban J connectivity index is 1.39. The van der Waals surface area contributed by atoms with E-state index in [0.29, 0.717) is 17.9 Å². The molecule has 6 rings (SSSR count). The molecule has 1 saturated heterocycles. The maximum absolute atomic E-state index is 14.5. The molecule has 0 saturated carbocycles. The molecule has 1 fully saturated rings. The monoisotopic (exact) mass is 713 g/mol. The van der Waals surface area contributed by atoms with Gasteiger partial charge in [-0.2, -0.15) is 4.98 Å². The van der Waals surface area contributed by atoms with Crippen LogP contribution in [-0.4, -0.2) is 77.6 Å². The summed E-state index contributed by atoms with van der Waals surface area (Å²) < 4.78 is 42.0. The zero-order valence-corrected chi connectivity index (χ0v) is 31.2. The van der Waals surface area contributed by atoms with Crippen molar-refractivity contribution in [3.8, 4) is 17.1 Å². The van der Waals surface area contributed by atoms with Gasteiger partial charge >= 0.3 is 0 Å². The predicted octanol–water partition coefficient (Wildman–Crippen LogP) is 6.20. The van der Waals surface area contributed by atoms with E-state index in [1.165, 1.54) is 12.1 Å². The highest BCUT2D eigenvalue weighted by atomic mass is 32.2. The second-order valence-corrected chi connectivity index (χ2v) is 16.7. The van der Waals surface area contributed by atoms with Crippen molar-refractivity contribution in [2.75, 3.05) is 36.4 Å². The van der Waals surface area contributed by atoms with E-state index < -0.39 is 16.1 Å². The number of sulfonamides is 1. The summed E-state index contributed by atoms with van der Waals surface area (Å²) >= 11 is 0. The molecular weight excluding hydrogens is 667 g/mol. The van der Waals surface area contributed by atoms with Gasteiger partial charge in [0.1, 0.15) is 12.4 Å². The number of rotatable bonds is 6. The molecular formula is C38H47N7O5S. The molecule has 2 aromatic carbocycles. The van der Waals surface area contributed by atoms with Crippen molar-refractivity contribution >= 4 is 27.6 Å². The van der Waals surface area contributed by atoms with Gasteiger partial charge in [0.25, 0.3) is 15.9 Å². The third-order valence-electron chi connectivity index (χ3n) is 9.71. The molecule has 4 heterocycles. The molecule has 51 heavy (non-hydrogen) atoms. The van der Waals surface area contributed by atoms with Crippen LogP contribution in [0.2, 0.25) is 0 Å². The summed E-state index contributed by atoms with van der Waals surface area (Å²) in [5.41, 5.74) is 4.11. The lowest BCUT2D eigenvalue weighted by Crippen LogP contribution is -2.45. The van der Waals surface area contributed by atoms with Crippen molar-refractivity contribution in [2.24, 2.45) is 5.41 Å². The normalized spacial score (nSPS) is 18.9. The van der Waals surface area contributed by atoms with E-state index in [1.807, 2.05) is 32.0 Å². The van der Waals surface area contributed by atoms with E-state index in [9.17, 15) is 13.2 Å². The number of aryl methyl sites for hydroxylation is 2. The molecule has 12 nitrogen and oxygen atoms in total. The second kappa shape index (κ2) is 14.2. The number of carbonyl (C=O) groups is 1. The van der Waals surface area contributed by atoms with Crippen molar-refractivity contribution in [3.05, 3.63) is 83.4 Å². The van der Waals surface area contributed by atoms with Crippen molar-refractivity contribution in [3.63, 3.8) is 0 Å². The van der Waals surface area contributed by atoms with Gasteiger partial charge in [-0.05, 0) is 74.8 Å². The van der Waals surface area contributed by atoms with Gasteiger partial charge in [-0.25, -0.2) is 28.1 Å². The number of benzene rings is 2. The second-order valence-electron chi connectivity index (χ2n) is 15.0. The van der Waals surface area contributed by atoms with Crippen LogP contribution in [0.15, 0.2) is 65.8 Å². The van der Waals surface area contributed by atoms with E-state index in [0.717, 1.165) is 48.3 Å². The van der Waals surface area contributed by atoms with Crippen LogP contribution < -0.4 is 14.4 Å². The summed E-state index contributed by atoms with van der Waals surface area (Å²) in [6.45, 7) is 14.2. The third kappa shape index (κ3) is 8.31. The smallest absolute Gasteiger partial charge is 0.264 e. The van der Waals surface area contributed by atoms with E-state index >= 15 is 0 Å². The number of hydrogen-bond acceptors (Lipinski definition) is 10. The fraction of sp³-hybridized carbons (Fsp3) is 0.447. The van der Waals surface area contributed by atoms with Gasteiger partial charge in [0.15, 0.2) is 0 Å². The lowest BCUT2D eigenvalue weighted by atomic mass is 9.87. The number of ether oxygens (including phenoxy) is 2. The van der Waals surface area contributed by atoms with Crippen LogP contribution in [0.4, 0.5) is 11.6 Å². The highest BCUT2D eigenvalue weighted by molar-refractivity contribution is 7.92. The Morgan fingerprint density at radius 2 is 1.67 bits per heavy atom. The number of anilines is 2. The van der Waals surface area contributed by atoms with Gasteiger partial charge in [-0.1, -0.05) is 45.0 Å². The molecule has 0 spiro atoms. The SMILES string of the molecule is COC1(C)CCN(c2cnc(CN3C(=O)c4cccc(c4)S(=O)(=O)Nc4nc(cc(-c5c(C)cccc5C)n4)OC[C@H]3CC(C)(C)C)nc2)CC1. The number of carbonyl (C=O) groups excluding carboxylic acids is 1. The average molecular weight is 714 g/mol. The molecule has 270 valence electrons. The van der Waals surface area contributed by atoms with Crippen LogP contribution >= 0.6 is 0 Å². The molecule has 2 aromatic heterocycles. The maximum atomic E-state index is 14.5. The van der Waals surface area contributed by atoms with Gasteiger partial charge in [0.2, 0.25) is 11.8 Å². The first-order valence-electron chi connectivity index (χ1n) is 17.3. The van der Waals surface area contributed by atoms with Gasteiger partial charge in [0, 0.05) is 37.4 Å². The molecule has 2 aliphatic heterocycles. The summed E-state index contributed by atoms with van der Waals surface area (Å²) in [5, 5.41) is 0. The number of aromatic nitrogens is 4. The molecule has 0 radical (unpaired) electrons. The minimum absolute atomic E-state index is 0.0855. The van der Waals surface area contributed by atoms with Crippen LogP contribution in [0.3, 0.4) is 0 Å². The molecule has 4 aromatic rings. The molecule has 4 bridgehead atoms. The lowest BCUT2D eigenvalue weighted by molar-refractivity contribution is -0.0132. The Morgan fingerprint density at radius 1 is 1.00 bits per heavy atom. The Labute approximate surface area is 300 Å². The van der Waals surface area contributed by atoms with Crippen molar-refractivity contribution < 1.29 is 22.7 Å². The number of methoxy groups -OCH3 is 1. The average Bonchev–Trinajstić information content (AvgIpc) is 3.08. The molecule has 13 heteroatoms. The molecule has 1 amide bonds. The third-order valence-corrected chi connectivity index (χ3v) is 11.0. The minimum Gasteiger partial charge on any atom is -0.475 e. The quantitative estimate of drug-likeness (QED) is 0.246. The predicted molar refractivity (Wildman–Crippen MR) is 196 cm³/mol. The van der Waals surface area contributed by atoms with Crippen LogP contribution in [0, 0.1) is 19.3 Å². The number of fused-ring (bicyclic) bond motifs is 4. The summed E-state index contributed by atoms with van der Waals surface area (Å²) in [7, 11) is -2.43. The standard InChI is InChI=1S/C38H47N7O5S/c1-25-10-8-11-26(2)34(25)31-19-33-42-36(41-31)43-51(47,48)30-13-9-12-27(18-30)35(46)45(28(24-50-33)20-37(3,4)5)23-32-39-21-29(22-40-32)44-16-14-38(6,49-7)15-17-44/h8-13,18-19,21-22,28H,14-17,20,23-24H2,1-7H3,(H,41,42,43)/t28-/m1/s1. The number of nitrogens with one attached hydrogen (secondary N) is 1. The molecule has 1 N–H and O–H groups in total. The van der Waals surface area contributed by atoms with E-state index in [2.05, 4.69) is 47.3 Å². The highest BCUT2D eigenvalue weighted by Crippen LogP contribution is 2.32. The van der Waals surface area contributed by atoms with Crippen LogP contribution in [0.1, 0.15) is 74.3 Å². The molecule has 0 aliphatic carbocycles. The van der Waals surface area contributed by atoms with Crippen LogP contribution in [-0.2, 0) is 21.3 Å². The van der Waals surface area contributed by atoms with Crippen molar-refractivity contribution in [1.82, 2.24) is 24.8 Å². The van der Waals surface area contributed by atoms with Gasteiger partial charge in [-0.3, -0.25) is 4.79 Å². The van der Waals surface area contributed by atoms with Crippen LogP contribution in [0.25, 0.3) is 11.3 Å². The molecule has 2 aliphatic rings. The first-order valence-corrected chi connectivity index (χ1v) is 18.7. The first kappa shape index (κ1) is 36.2. The Hall–Kier alpha value is -4.62. The zero-order valence-electron chi connectivity index (χ0n) is 30.4. The van der Waals surface area contributed by atoms with E-state index in [-0.39, 0.29) is 52.4 Å². The Bertz CT molecular complexity index is 1990. The fourth-order valence-electron chi connectivity index (χ4n) is 6.73. The largest absolute Gasteiger partial charge is 0.475 e. The van der Waals surface area contributed by atoms with Gasteiger partial charge < -0.3 is 19.3 Å². The Kier molecular flexibility index (Phi) is 10.1. The topological polar surface area (TPSA) is 140 Å².